The van der Waals surface area contributed by atoms with Crippen LogP contribution in [0.3, 0.4) is 0 Å². The number of rotatable bonds is 8. The van der Waals surface area contributed by atoms with Gasteiger partial charge in [-0.2, -0.15) is 10.4 Å². The van der Waals surface area contributed by atoms with Crippen molar-refractivity contribution in [2.75, 3.05) is 23.7 Å². The minimum Gasteiger partial charge on any atom is -0.360 e. The van der Waals surface area contributed by atoms with E-state index in [0.717, 1.165) is 0 Å². The highest BCUT2D eigenvalue weighted by Crippen LogP contribution is 2.24. The first kappa shape index (κ1) is 24.4. The van der Waals surface area contributed by atoms with Gasteiger partial charge in [-0.15, -0.1) is 0 Å². The van der Waals surface area contributed by atoms with Gasteiger partial charge in [-0.3, -0.25) is 14.4 Å². The number of halogens is 1. The molecule has 2 unspecified atom stereocenters. The van der Waals surface area contributed by atoms with Crippen molar-refractivity contribution in [3.05, 3.63) is 71.5 Å². The van der Waals surface area contributed by atoms with E-state index in [4.69, 9.17) is 17.1 Å². The molecule has 0 bridgehead atoms. The third kappa shape index (κ3) is 6.40. The Balaban J connectivity index is 1.55. The summed E-state index contributed by atoms with van der Waals surface area (Å²) in [5.74, 6) is -2.08. The predicted molar refractivity (Wildman–Crippen MR) is 126 cm³/mol. The number of nitrogens with one attached hydrogen (secondary N) is 4. The van der Waals surface area contributed by atoms with Gasteiger partial charge in [-0.05, 0) is 42.8 Å². The molecule has 1 aliphatic heterocycles. The number of hydrogen-bond donors (Lipinski definition) is 4. The first-order valence-corrected chi connectivity index (χ1v) is 10.7. The van der Waals surface area contributed by atoms with Crippen molar-refractivity contribution < 1.29 is 14.4 Å². The van der Waals surface area contributed by atoms with Gasteiger partial charge in [0.2, 0.25) is 11.8 Å². The summed E-state index contributed by atoms with van der Waals surface area (Å²) in [4.78, 5) is 38.9. The Morgan fingerprint density at radius 1 is 1.15 bits per heavy atom. The van der Waals surface area contributed by atoms with E-state index in [2.05, 4.69) is 21.1 Å². The van der Waals surface area contributed by atoms with Crippen LogP contribution < -0.4 is 16.0 Å². The molecular formula is C23H22ClN7O3. The molecule has 2 atom stereocenters. The number of amides is 3. The Hall–Kier alpha value is -4.23. The number of para-hydroxylation sites is 1. The topological polar surface area (TPSA) is 151 Å². The summed E-state index contributed by atoms with van der Waals surface area (Å²) >= 11 is 5.83. The van der Waals surface area contributed by atoms with Crippen LogP contribution in [0.1, 0.15) is 6.42 Å². The van der Waals surface area contributed by atoms with Gasteiger partial charge in [0, 0.05) is 29.1 Å². The Morgan fingerprint density at radius 2 is 1.85 bits per heavy atom. The third-order valence-corrected chi connectivity index (χ3v) is 5.41. The number of carbonyl (C=O) groups is 3. The molecule has 1 fully saturated rings. The maximum Gasteiger partial charge on any atom is 0.273 e. The van der Waals surface area contributed by atoms with Crippen molar-refractivity contribution in [2.24, 2.45) is 11.0 Å². The Labute approximate surface area is 201 Å². The Kier molecular flexibility index (Phi) is 8.32. The predicted octanol–water partition coefficient (Wildman–Crippen LogP) is 3.12. The fourth-order valence-electron chi connectivity index (χ4n) is 3.38. The zero-order valence-electron chi connectivity index (χ0n) is 18.0. The van der Waals surface area contributed by atoms with Crippen molar-refractivity contribution in [3.63, 3.8) is 0 Å². The number of nitrogens with zero attached hydrogens (tertiary/aromatic N) is 3. The summed E-state index contributed by atoms with van der Waals surface area (Å²) in [6, 6.07) is 16.8. The third-order valence-electron chi connectivity index (χ3n) is 5.16. The summed E-state index contributed by atoms with van der Waals surface area (Å²) in [7, 11) is 0. The molecule has 0 radical (unpaired) electrons. The maximum absolute atomic E-state index is 12.7. The van der Waals surface area contributed by atoms with Crippen LogP contribution in [-0.4, -0.2) is 41.8 Å². The fourth-order valence-corrected chi connectivity index (χ4v) is 3.51. The van der Waals surface area contributed by atoms with Gasteiger partial charge in [0.05, 0.1) is 18.5 Å². The van der Waals surface area contributed by atoms with Crippen LogP contribution in [0, 0.1) is 22.8 Å². The second-order valence-electron chi connectivity index (χ2n) is 7.45. The molecule has 1 saturated heterocycles. The van der Waals surface area contributed by atoms with E-state index in [1.807, 2.05) is 12.1 Å². The lowest BCUT2D eigenvalue weighted by Gasteiger charge is -2.19. The smallest absolute Gasteiger partial charge is 0.273 e. The van der Waals surface area contributed by atoms with Gasteiger partial charge in [0.25, 0.3) is 5.91 Å². The van der Waals surface area contributed by atoms with Crippen molar-refractivity contribution >= 4 is 40.7 Å². The molecule has 0 aromatic heterocycles. The van der Waals surface area contributed by atoms with Gasteiger partial charge in [0.15, 0.2) is 5.70 Å². The molecule has 2 aromatic carbocycles. The number of benzene rings is 2. The molecule has 1 heterocycles. The monoisotopic (exact) mass is 479 g/mol. The summed E-state index contributed by atoms with van der Waals surface area (Å²) < 4.78 is 0. The molecule has 0 spiro atoms. The largest absolute Gasteiger partial charge is 0.360 e. The highest BCUT2D eigenvalue weighted by atomic mass is 35.5. The first-order valence-electron chi connectivity index (χ1n) is 10.3. The van der Waals surface area contributed by atoms with Crippen LogP contribution in [0.2, 0.25) is 5.02 Å². The fraction of sp³-hybridized carbons (Fsp3) is 0.217. The van der Waals surface area contributed by atoms with Gasteiger partial charge < -0.3 is 20.9 Å². The summed E-state index contributed by atoms with van der Waals surface area (Å²) in [6.07, 6.45) is 1.43. The van der Waals surface area contributed by atoms with Gasteiger partial charge in [-0.25, -0.2) is 5.53 Å². The van der Waals surface area contributed by atoms with Crippen LogP contribution in [0.25, 0.3) is 0 Å². The van der Waals surface area contributed by atoms with E-state index in [1.165, 1.54) is 11.1 Å². The lowest BCUT2D eigenvalue weighted by Crippen LogP contribution is -2.43. The second kappa shape index (κ2) is 11.6. The molecule has 3 rings (SSSR count). The van der Waals surface area contributed by atoms with Crippen molar-refractivity contribution in [1.82, 2.24) is 10.2 Å². The second-order valence-corrected chi connectivity index (χ2v) is 7.89. The van der Waals surface area contributed by atoms with Crippen LogP contribution in [0.4, 0.5) is 11.4 Å². The molecule has 174 valence electrons. The number of hydrogen-bond acceptors (Lipinski definition) is 7. The average molecular weight is 480 g/mol. The van der Waals surface area contributed by atoms with Gasteiger partial charge in [-0.1, -0.05) is 29.8 Å². The molecule has 2 aromatic rings. The quantitative estimate of drug-likeness (QED) is 0.338. The molecule has 34 heavy (non-hydrogen) atoms. The Morgan fingerprint density at radius 3 is 2.50 bits per heavy atom. The highest BCUT2D eigenvalue weighted by Gasteiger charge is 2.38. The van der Waals surface area contributed by atoms with Gasteiger partial charge in [0.1, 0.15) is 6.04 Å². The molecule has 10 nitrogen and oxygen atoms in total. The Bertz CT molecular complexity index is 1130. The average Bonchev–Trinajstić information content (AvgIpc) is 3.29. The van der Waals surface area contributed by atoms with Crippen molar-refractivity contribution in [2.45, 2.75) is 12.5 Å². The molecular weight excluding hydrogens is 458 g/mol. The van der Waals surface area contributed by atoms with Crippen LogP contribution in [0.5, 0.6) is 0 Å². The van der Waals surface area contributed by atoms with E-state index in [-0.39, 0.29) is 24.6 Å². The lowest BCUT2D eigenvalue weighted by atomic mass is 10.1. The molecule has 1 aliphatic rings. The van der Waals surface area contributed by atoms with Crippen molar-refractivity contribution in [1.29, 1.82) is 10.8 Å². The zero-order valence-corrected chi connectivity index (χ0v) is 18.7. The lowest BCUT2D eigenvalue weighted by molar-refractivity contribution is -0.132. The summed E-state index contributed by atoms with van der Waals surface area (Å²) in [5, 5.41) is 21.2. The van der Waals surface area contributed by atoms with E-state index < -0.39 is 30.3 Å². The normalized spacial score (nSPS) is 17.4. The zero-order chi connectivity index (χ0) is 24.5. The number of nitriles is 1. The molecule has 11 heteroatoms. The van der Waals surface area contributed by atoms with E-state index in [1.54, 1.807) is 48.5 Å². The van der Waals surface area contributed by atoms with E-state index >= 15 is 0 Å². The van der Waals surface area contributed by atoms with Crippen LogP contribution >= 0.6 is 11.6 Å². The molecule has 4 N–H and O–H groups in total. The van der Waals surface area contributed by atoms with Crippen LogP contribution in [0.15, 0.2) is 71.6 Å². The highest BCUT2D eigenvalue weighted by molar-refractivity contribution is 6.30. The molecule has 3 amide bonds. The molecule has 0 saturated carbocycles. The molecule has 0 aliphatic carbocycles. The maximum atomic E-state index is 12.7. The van der Waals surface area contributed by atoms with E-state index in [0.29, 0.717) is 16.4 Å². The summed E-state index contributed by atoms with van der Waals surface area (Å²) in [6.45, 7) is -0.340. The number of anilines is 2. The van der Waals surface area contributed by atoms with E-state index in [9.17, 15) is 19.6 Å². The van der Waals surface area contributed by atoms with Gasteiger partial charge >= 0.3 is 0 Å². The standard InChI is InChI=1S/C23H22ClN7O3/c24-16-6-8-17(9-7-16)27-12-20(30-26)23(34)28-13-21(32)31-14-15(10-19(31)11-25)22(33)29-18-4-2-1-3-5-18/h1-9,12,15,19,26-27H,10,13-14H2,(H,28,34)(H,29,33)/b20-12-,30-26?. The minimum absolute atomic E-state index is 0.0647. The SMILES string of the molecule is N#CC1CC(C(=O)Nc2ccccc2)CN1C(=O)CNC(=O)/C(=C/Nc1ccc(Cl)cc1)N=N. The minimum atomic E-state index is -0.779. The first-order chi connectivity index (χ1) is 16.4. The summed E-state index contributed by atoms with van der Waals surface area (Å²) in [5.41, 5.74) is 8.23. The number of likely N-dealkylation sites (tertiary alicyclic amines) is 1. The van der Waals surface area contributed by atoms with Crippen LogP contribution in [-0.2, 0) is 14.4 Å². The number of carbonyl (C=O) groups excluding carboxylic acids is 3. The van der Waals surface area contributed by atoms with Crippen molar-refractivity contribution in [3.8, 4) is 6.07 Å².